The first-order valence-corrected chi connectivity index (χ1v) is 6.93. The van der Waals surface area contributed by atoms with E-state index in [2.05, 4.69) is 51.8 Å². The average molecular weight is 252 g/mol. The standard InChI is InChI=1S/C15H28N2O/c1-11(2)16-10-14-17-9-13(18-14)7-12(3)8-15(4,5)6/h9,11-12,16H,7-8,10H2,1-6H3. The van der Waals surface area contributed by atoms with E-state index in [0.29, 0.717) is 23.9 Å². The van der Waals surface area contributed by atoms with Crippen molar-refractivity contribution in [3.63, 3.8) is 0 Å². The summed E-state index contributed by atoms with van der Waals surface area (Å²) >= 11 is 0. The van der Waals surface area contributed by atoms with Crippen LogP contribution in [0.15, 0.2) is 10.6 Å². The maximum absolute atomic E-state index is 5.75. The lowest BCUT2D eigenvalue weighted by atomic mass is 9.84. The Kier molecular flexibility index (Phi) is 5.39. The fraction of sp³-hybridized carbons (Fsp3) is 0.800. The molecule has 0 saturated carbocycles. The molecule has 0 radical (unpaired) electrons. The molecule has 0 spiro atoms. The highest BCUT2D eigenvalue weighted by Gasteiger charge is 2.17. The maximum Gasteiger partial charge on any atom is 0.208 e. The van der Waals surface area contributed by atoms with Crippen LogP contribution in [0.1, 0.15) is 59.6 Å². The Morgan fingerprint density at radius 3 is 2.50 bits per heavy atom. The monoisotopic (exact) mass is 252 g/mol. The number of hydrogen-bond acceptors (Lipinski definition) is 3. The molecule has 3 nitrogen and oxygen atoms in total. The van der Waals surface area contributed by atoms with E-state index in [1.54, 1.807) is 0 Å². The number of oxazole rings is 1. The summed E-state index contributed by atoms with van der Waals surface area (Å²) in [5, 5.41) is 3.31. The van der Waals surface area contributed by atoms with Crippen LogP contribution in [0.5, 0.6) is 0 Å². The Morgan fingerprint density at radius 2 is 1.94 bits per heavy atom. The third kappa shape index (κ3) is 6.20. The van der Waals surface area contributed by atoms with Crippen LogP contribution in [0.2, 0.25) is 0 Å². The minimum Gasteiger partial charge on any atom is -0.444 e. The molecule has 0 fully saturated rings. The third-order valence-corrected chi connectivity index (χ3v) is 2.77. The summed E-state index contributed by atoms with van der Waals surface area (Å²) in [7, 11) is 0. The Bertz CT molecular complexity index is 350. The van der Waals surface area contributed by atoms with Crippen LogP contribution in [-0.2, 0) is 13.0 Å². The Hall–Kier alpha value is -0.830. The number of aromatic nitrogens is 1. The molecule has 1 atom stereocenters. The normalized spacial score (nSPS) is 14.2. The van der Waals surface area contributed by atoms with E-state index in [4.69, 9.17) is 4.42 Å². The van der Waals surface area contributed by atoms with E-state index in [-0.39, 0.29) is 0 Å². The number of rotatable bonds is 6. The minimum absolute atomic E-state index is 0.376. The maximum atomic E-state index is 5.75. The lowest BCUT2D eigenvalue weighted by Gasteiger charge is -2.22. The van der Waals surface area contributed by atoms with Crippen molar-refractivity contribution in [2.45, 2.75) is 67.0 Å². The Balaban J connectivity index is 2.43. The van der Waals surface area contributed by atoms with Crippen molar-refractivity contribution in [3.8, 4) is 0 Å². The van der Waals surface area contributed by atoms with Crippen molar-refractivity contribution in [2.24, 2.45) is 11.3 Å². The molecule has 104 valence electrons. The van der Waals surface area contributed by atoms with Gasteiger partial charge in [0.15, 0.2) is 0 Å². The largest absolute Gasteiger partial charge is 0.444 e. The van der Waals surface area contributed by atoms with Gasteiger partial charge in [0.2, 0.25) is 5.89 Å². The van der Waals surface area contributed by atoms with Gasteiger partial charge in [0.25, 0.3) is 0 Å². The number of hydrogen-bond donors (Lipinski definition) is 1. The minimum atomic E-state index is 0.376. The van der Waals surface area contributed by atoms with Gasteiger partial charge in [-0.2, -0.15) is 0 Å². The molecule has 1 heterocycles. The molecule has 1 unspecified atom stereocenters. The van der Waals surface area contributed by atoms with Crippen LogP contribution in [0.25, 0.3) is 0 Å². The molecule has 1 rings (SSSR count). The van der Waals surface area contributed by atoms with E-state index in [0.717, 1.165) is 18.1 Å². The summed E-state index contributed by atoms with van der Waals surface area (Å²) in [4.78, 5) is 4.31. The molecule has 18 heavy (non-hydrogen) atoms. The first-order chi connectivity index (χ1) is 8.26. The lowest BCUT2D eigenvalue weighted by molar-refractivity contribution is 0.293. The number of nitrogens with zero attached hydrogens (tertiary/aromatic N) is 1. The Morgan fingerprint density at radius 1 is 1.28 bits per heavy atom. The molecule has 3 heteroatoms. The average Bonchev–Trinajstić information content (AvgIpc) is 2.59. The van der Waals surface area contributed by atoms with Crippen molar-refractivity contribution in [1.82, 2.24) is 10.3 Å². The summed E-state index contributed by atoms with van der Waals surface area (Å²) in [6.07, 6.45) is 4.05. The molecule has 1 N–H and O–H groups in total. The van der Waals surface area contributed by atoms with E-state index in [1.807, 2.05) is 6.20 Å². The van der Waals surface area contributed by atoms with Crippen molar-refractivity contribution in [1.29, 1.82) is 0 Å². The smallest absolute Gasteiger partial charge is 0.208 e. The molecule has 1 aromatic heterocycles. The van der Waals surface area contributed by atoms with Crippen LogP contribution in [0, 0.1) is 11.3 Å². The van der Waals surface area contributed by atoms with Crippen molar-refractivity contribution in [2.75, 3.05) is 0 Å². The summed E-state index contributed by atoms with van der Waals surface area (Å²) in [5.41, 5.74) is 0.376. The van der Waals surface area contributed by atoms with Gasteiger partial charge in [0, 0.05) is 12.5 Å². The molecule has 0 amide bonds. The van der Waals surface area contributed by atoms with E-state index in [1.165, 1.54) is 6.42 Å². The second-order valence-electron chi connectivity index (χ2n) is 6.83. The highest BCUT2D eigenvalue weighted by molar-refractivity contribution is 4.95. The molecular formula is C15H28N2O. The summed E-state index contributed by atoms with van der Waals surface area (Å²) in [6.45, 7) is 14.1. The Labute approximate surface area is 111 Å². The van der Waals surface area contributed by atoms with Gasteiger partial charge in [0.05, 0.1) is 12.7 Å². The zero-order chi connectivity index (χ0) is 13.8. The molecule has 1 aromatic rings. The zero-order valence-corrected chi connectivity index (χ0v) is 12.7. The molecule has 0 saturated heterocycles. The van der Waals surface area contributed by atoms with Crippen molar-refractivity contribution < 1.29 is 4.42 Å². The highest BCUT2D eigenvalue weighted by Crippen LogP contribution is 2.26. The van der Waals surface area contributed by atoms with Crippen molar-refractivity contribution >= 4 is 0 Å². The number of nitrogens with one attached hydrogen (secondary N) is 1. The van der Waals surface area contributed by atoms with Gasteiger partial charge in [-0.3, -0.25) is 0 Å². The van der Waals surface area contributed by atoms with Gasteiger partial charge in [-0.1, -0.05) is 41.5 Å². The first kappa shape index (κ1) is 15.2. The lowest BCUT2D eigenvalue weighted by Crippen LogP contribution is -2.21. The third-order valence-electron chi connectivity index (χ3n) is 2.77. The molecule has 0 aliphatic rings. The van der Waals surface area contributed by atoms with E-state index < -0.39 is 0 Å². The van der Waals surface area contributed by atoms with Crippen LogP contribution in [0.3, 0.4) is 0 Å². The highest BCUT2D eigenvalue weighted by atomic mass is 16.4. The predicted molar refractivity (Wildman–Crippen MR) is 75.4 cm³/mol. The fourth-order valence-corrected chi connectivity index (χ4v) is 2.28. The van der Waals surface area contributed by atoms with Crippen LogP contribution < -0.4 is 5.32 Å². The van der Waals surface area contributed by atoms with Gasteiger partial charge in [0.1, 0.15) is 5.76 Å². The molecule has 0 aliphatic heterocycles. The van der Waals surface area contributed by atoms with Gasteiger partial charge >= 0.3 is 0 Å². The van der Waals surface area contributed by atoms with E-state index in [9.17, 15) is 0 Å². The fourth-order valence-electron chi connectivity index (χ4n) is 2.28. The predicted octanol–water partition coefficient (Wildman–Crippen LogP) is 3.79. The summed E-state index contributed by atoms with van der Waals surface area (Å²) < 4.78 is 5.75. The van der Waals surface area contributed by atoms with Crippen LogP contribution >= 0.6 is 0 Å². The summed E-state index contributed by atoms with van der Waals surface area (Å²) in [6, 6.07) is 0.458. The molecular weight excluding hydrogens is 224 g/mol. The van der Waals surface area contributed by atoms with Gasteiger partial charge in [-0.05, 0) is 17.8 Å². The van der Waals surface area contributed by atoms with Gasteiger partial charge < -0.3 is 9.73 Å². The zero-order valence-electron chi connectivity index (χ0n) is 12.7. The van der Waals surface area contributed by atoms with Crippen LogP contribution in [0.4, 0.5) is 0 Å². The topological polar surface area (TPSA) is 38.1 Å². The molecule has 0 aromatic carbocycles. The van der Waals surface area contributed by atoms with Crippen molar-refractivity contribution in [3.05, 3.63) is 17.8 Å². The first-order valence-electron chi connectivity index (χ1n) is 6.93. The molecule has 0 bridgehead atoms. The van der Waals surface area contributed by atoms with E-state index >= 15 is 0 Å². The summed E-state index contributed by atoms with van der Waals surface area (Å²) in [5.74, 6) is 2.43. The second kappa shape index (κ2) is 6.37. The SMILES string of the molecule is CC(Cc1cnc(CNC(C)C)o1)CC(C)(C)C. The van der Waals surface area contributed by atoms with Gasteiger partial charge in [-0.25, -0.2) is 4.98 Å². The molecule has 0 aliphatic carbocycles. The van der Waals surface area contributed by atoms with Crippen LogP contribution in [-0.4, -0.2) is 11.0 Å². The quantitative estimate of drug-likeness (QED) is 0.837. The second-order valence-corrected chi connectivity index (χ2v) is 6.83. The van der Waals surface area contributed by atoms with Gasteiger partial charge in [-0.15, -0.1) is 0 Å².